The maximum Gasteiger partial charge on any atom is 0.306 e. The Morgan fingerprint density at radius 2 is 2.25 bits per heavy atom. The maximum atomic E-state index is 11.0. The van der Waals surface area contributed by atoms with E-state index in [0.717, 1.165) is 17.9 Å². The minimum atomic E-state index is -0.124. The minimum Gasteiger partial charge on any atom is -0.465 e. The van der Waals surface area contributed by atoms with Crippen LogP contribution < -0.4 is 0 Å². The molecule has 1 saturated heterocycles. The third-order valence-corrected chi connectivity index (χ3v) is 2.69. The zero-order chi connectivity index (χ0) is 8.18. The van der Waals surface area contributed by atoms with Gasteiger partial charge in [0.05, 0.1) is 11.8 Å². The number of furan rings is 1. The Morgan fingerprint density at radius 1 is 1.33 bits per heavy atom. The number of rotatable bonds is 0. The largest absolute Gasteiger partial charge is 0.465 e. The van der Waals surface area contributed by atoms with Crippen LogP contribution >= 0.6 is 0 Å². The highest BCUT2D eigenvalue weighted by atomic mass is 16.5. The van der Waals surface area contributed by atoms with Gasteiger partial charge in [0, 0.05) is 6.42 Å². The third-order valence-electron chi connectivity index (χ3n) is 2.69. The van der Waals surface area contributed by atoms with E-state index in [9.17, 15) is 4.79 Å². The Bertz CT molecular complexity index is 352. The molecular weight excluding hydrogens is 156 g/mol. The van der Waals surface area contributed by atoms with Crippen LogP contribution in [0.1, 0.15) is 17.9 Å². The van der Waals surface area contributed by atoms with Crippen molar-refractivity contribution in [2.45, 2.75) is 18.3 Å². The molecule has 12 heavy (non-hydrogen) atoms. The highest BCUT2D eigenvalue weighted by Gasteiger charge is 2.48. The summed E-state index contributed by atoms with van der Waals surface area (Å²) in [4.78, 5) is 11.0. The molecule has 2 bridgehead atoms. The Morgan fingerprint density at radius 3 is 2.75 bits per heavy atom. The van der Waals surface area contributed by atoms with Crippen LogP contribution in [0.5, 0.6) is 0 Å². The van der Waals surface area contributed by atoms with Crippen LogP contribution in [-0.2, 0) is 21.4 Å². The van der Waals surface area contributed by atoms with Crippen molar-refractivity contribution in [3.8, 4) is 0 Å². The SMILES string of the molecule is O=C1CC2(CO1)Cc1ccc2o1. The topological polar surface area (TPSA) is 39.4 Å². The number of carbonyl (C=O) groups is 1. The van der Waals surface area contributed by atoms with Gasteiger partial charge < -0.3 is 9.15 Å². The van der Waals surface area contributed by atoms with Gasteiger partial charge in [0.2, 0.25) is 0 Å². The fourth-order valence-electron chi connectivity index (χ4n) is 2.05. The lowest BCUT2D eigenvalue weighted by atomic mass is 9.80. The van der Waals surface area contributed by atoms with Crippen molar-refractivity contribution in [2.75, 3.05) is 6.61 Å². The summed E-state index contributed by atoms with van der Waals surface area (Å²) in [7, 11) is 0. The molecule has 1 spiro atoms. The zero-order valence-electron chi connectivity index (χ0n) is 6.50. The quantitative estimate of drug-likeness (QED) is 0.537. The molecule has 62 valence electrons. The second kappa shape index (κ2) is 1.73. The summed E-state index contributed by atoms with van der Waals surface area (Å²) >= 11 is 0. The van der Waals surface area contributed by atoms with Crippen molar-refractivity contribution in [3.05, 3.63) is 23.7 Å². The predicted octanol–water partition coefficient (Wildman–Crippen LogP) is 1.02. The van der Waals surface area contributed by atoms with E-state index in [0.29, 0.717) is 13.0 Å². The molecule has 2 aliphatic rings. The van der Waals surface area contributed by atoms with Gasteiger partial charge in [-0.05, 0) is 12.1 Å². The van der Waals surface area contributed by atoms with Crippen molar-refractivity contribution in [1.29, 1.82) is 0 Å². The molecule has 0 aliphatic carbocycles. The molecule has 3 rings (SSSR count). The number of esters is 1. The second-order valence-electron chi connectivity index (χ2n) is 3.56. The Kier molecular flexibility index (Phi) is 0.908. The number of ether oxygens (including phenoxy) is 1. The van der Waals surface area contributed by atoms with Gasteiger partial charge >= 0.3 is 5.97 Å². The number of hydrogen-bond donors (Lipinski definition) is 0. The molecule has 0 N–H and O–H groups in total. The number of cyclic esters (lactones) is 1. The molecular formula is C9H8O3. The molecule has 0 amide bonds. The van der Waals surface area contributed by atoms with E-state index in [-0.39, 0.29) is 11.4 Å². The van der Waals surface area contributed by atoms with Gasteiger partial charge in [0.1, 0.15) is 18.1 Å². The van der Waals surface area contributed by atoms with Crippen LogP contribution in [0, 0.1) is 0 Å². The van der Waals surface area contributed by atoms with E-state index in [1.54, 1.807) is 0 Å². The van der Waals surface area contributed by atoms with Gasteiger partial charge in [-0.2, -0.15) is 0 Å². The first-order valence-corrected chi connectivity index (χ1v) is 4.03. The molecule has 1 aromatic rings. The van der Waals surface area contributed by atoms with Crippen molar-refractivity contribution in [3.63, 3.8) is 0 Å². The van der Waals surface area contributed by atoms with Crippen LogP contribution in [0.2, 0.25) is 0 Å². The van der Waals surface area contributed by atoms with Gasteiger partial charge in [0.25, 0.3) is 0 Å². The van der Waals surface area contributed by atoms with Crippen molar-refractivity contribution in [1.82, 2.24) is 0 Å². The van der Waals surface area contributed by atoms with Crippen LogP contribution in [0.25, 0.3) is 0 Å². The van der Waals surface area contributed by atoms with Crippen LogP contribution in [0.4, 0.5) is 0 Å². The summed E-state index contributed by atoms with van der Waals surface area (Å²) in [5, 5.41) is 0. The van der Waals surface area contributed by atoms with Crippen molar-refractivity contribution >= 4 is 5.97 Å². The molecule has 3 nitrogen and oxygen atoms in total. The third kappa shape index (κ3) is 0.594. The highest BCUT2D eigenvalue weighted by Crippen LogP contribution is 2.43. The summed E-state index contributed by atoms with van der Waals surface area (Å²) in [6.07, 6.45) is 1.32. The fourth-order valence-corrected chi connectivity index (χ4v) is 2.05. The number of fused-ring (bicyclic) bond motifs is 3. The number of hydrogen-bond acceptors (Lipinski definition) is 3. The maximum absolute atomic E-state index is 11.0. The van der Waals surface area contributed by atoms with Crippen molar-refractivity contribution < 1.29 is 13.9 Å². The highest BCUT2D eigenvalue weighted by molar-refractivity contribution is 5.74. The standard InChI is InChI=1S/C9H8O3/c10-8-4-9(5-11-8)3-6-1-2-7(9)12-6/h1-2H,3-5H2. The monoisotopic (exact) mass is 164 g/mol. The molecule has 1 unspecified atom stereocenters. The minimum absolute atomic E-state index is 0.104. The first-order valence-electron chi connectivity index (χ1n) is 4.03. The van der Waals surface area contributed by atoms with Gasteiger partial charge in [-0.15, -0.1) is 0 Å². The molecule has 1 atom stereocenters. The van der Waals surface area contributed by atoms with Crippen LogP contribution in [0.15, 0.2) is 16.5 Å². The predicted molar refractivity (Wildman–Crippen MR) is 39.7 cm³/mol. The normalized spacial score (nSPS) is 31.5. The summed E-state index contributed by atoms with van der Waals surface area (Å²) in [5.74, 6) is 1.79. The smallest absolute Gasteiger partial charge is 0.306 e. The van der Waals surface area contributed by atoms with Gasteiger partial charge in [-0.3, -0.25) is 4.79 Å². The Hall–Kier alpha value is -1.25. The Balaban J connectivity index is 2.06. The molecule has 1 aromatic heterocycles. The average molecular weight is 164 g/mol. The van der Waals surface area contributed by atoms with E-state index in [1.807, 2.05) is 12.1 Å². The number of carbonyl (C=O) groups excluding carboxylic acids is 1. The molecule has 0 saturated carbocycles. The molecule has 3 heterocycles. The van der Waals surface area contributed by atoms with Crippen LogP contribution in [0.3, 0.4) is 0 Å². The zero-order valence-corrected chi connectivity index (χ0v) is 6.50. The summed E-state index contributed by atoms with van der Waals surface area (Å²) in [6.45, 7) is 0.495. The Labute approximate surface area is 69.3 Å². The van der Waals surface area contributed by atoms with E-state index in [1.165, 1.54) is 0 Å². The second-order valence-corrected chi connectivity index (χ2v) is 3.56. The van der Waals surface area contributed by atoms with Gasteiger partial charge in [-0.25, -0.2) is 0 Å². The lowest BCUT2D eigenvalue weighted by molar-refractivity contribution is -0.137. The van der Waals surface area contributed by atoms with E-state index in [2.05, 4.69) is 0 Å². The van der Waals surface area contributed by atoms with E-state index < -0.39 is 0 Å². The first-order chi connectivity index (χ1) is 5.78. The molecule has 0 aromatic carbocycles. The fraction of sp³-hybridized carbons (Fsp3) is 0.444. The van der Waals surface area contributed by atoms with E-state index >= 15 is 0 Å². The molecule has 0 radical (unpaired) electrons. The summed E-state index contributed by atoms with van der Waals surface area (Å²) < 4.78 is 10.4. The molecule has 3 heteroatoms. The molecule has 1 fully saturated rings. The molecule has 2 aliphatic heterocycles. The van der Waals surface area contributed by atoms with Crippen LogP contribution in [-0.4, -0.2) is 12.6 Å². The average Bonchev–Trinajstić information content (AvgIpc) is 2.67. The van der Waals surface area contributed by atoms with E-state index in [4.69, 9.17) is 9.15 Å². The summed E-state index contributed by atoms with van der Waals surface area (Å²) in [5.41, 5.74) is -0.124. The van der Waals surface area contributed by atoms with Gasteiger partial charge in [0.15, 0.2) is 0 Å². The van der Waals surface area contributed by atoms with Crippen molar-refractivity contribution in [2.24, 2.45) is 0 Å². The first kappa shape index (κ1) is 6.29. The summed E-state index contributed by atoms with van der Waals surface area (Å²) in [6, 6.07) is 3.91. The lowest BCUT2D eigenvalue weighted by Crippen LogP contribution is -2.26. The lowest BCUT2D eigenvalue weighted by Gasteiger charge is -2.17. The van der Waals surface area contributed by atoms with Gasteiger partial charge in [-0.1, -0.05) is 0 Å².